The second-order valence-corrected chi connectivity index (χ2v) is 5.59. The summed E-state index contributed by atoms with van der Waals surface area (Å²) in [5, 5.41) is 15.7. The van der Waals surface area contributed by atoms with Gasteiger partial charge in [0, 0.05) is 11.0 Å². The third-order valence-corrected chi connectivity index (χ3v) is 2.98. The van der Waals surface area contributed by atoms with Gasteiger partial charge in [0.2, 0.25) is 0 Å². The lowest BCUT2D eigenvalue weighted by atomic mass is 9.88. The summed E-state index contributed by atoms with van der Waals surface area (Å²) < 4.78 is 1.69. The normalized spacial score (nSPS) is 11.6. The third-order valence-electron chi connectivity index (χ3n) is 2.98. The molecule has 1 aromatic carbocycles. The lowest BCUT2D eigenvalue weighted by Gasteiger charge is -2.23. The van der Waals surface area contributed by atoms with E-state index in [-0.39, 0.29) is 11.0 Å². The van der Waals surface area contributed by atoms with E-state index in [4.69, 9.17) is 0 Å². The number of hydrogen-bond donors (Lipinski definition) is 0. The van der Waals surface area contributed by atoms with Crippen LogP contribution in [0, 0.1) is 6.92 Å². The molecule has 0 radical (unpaired) electrons. The van der Waals surface area contributed by atoms with Crippen LogP contribution in [0.2, 0.25) is 0 Å². The van der Waals surface area contributed by atoms with E-state index in [2.05, 4.69) is 5.10 Å². The molecular weight excluding hydrogens is 240 g/mol. The van der Waals surface area contributed by atoms with Crippen molar-refractivity contribution >= 4 is 5.97 Å². The lowest BCUT2D eigenvalue weighted by Crippen LogP contribution is -2.28. The first-order valence-corrected chi connectivity index (χ1v) is 6.19. The van der Waals surface area contributed by atoms with Crippen molar-refractivity contribution < 1.29 is 9.90 Å². The summed E-state index contributed by atoms with van der Waals surface area (Å²) in [7, 11) is 0. The molecule has 4 heteroatoms. The topological polar surface area (TPSA) is 58.0 Å². The quantitative estimate of drug-likeness (QED) is 0.824. The maximum atomic E-state index is 11.4. The molecule has 0 amide bonds. The van der Waals surface area contributed by atoms with Gasteiger partial charge in [-0.15, -0.1) is 0 Å². The highest BCUT2D eigenvalue weighted by atomic mass is 16.4. The molecule has 0 spiro atoms. The summed E-state index contributed by atoms with van der Waals surface area (Å²) >= 11 is 0. The summed E-state index contributed by atoms with van der Waals surface area (Å²) in [5.74, 6) is -1.18. The number of carboxylic acids is 1. The van der Waals surface area contributed by atoms with Gasteiger partial charge in [-0.05, 0) is 19.1 Å². The smallest absolute Gasteiger partial charge is 0.0752 e. The average molecular weight is 257 g/mol. The Balaban J connectivity index is 2.76. The van der Waals surface area contributed by atoms with E-state index in [1.54, 1.807) is 11.6 Å². The SMILES string of the molecule is Cc1nn(-c2ccccc2)c(C(C)(C)C)c1C(=O)[O-]. The minimum Gasteiger partial charge on any atom is -0.545 e. The Kier molecular flexibility index (Phi) is 3.18. The maximum Gasteiger partial charge on any atom is 0.0752 e. The number of aromatic nitrogens is 2. The van der Waals surface area contributed by atoms with Gasteiger partial charge in [-0.3, -0.25) is 0 Å². The fraction of sp³-hybridized carbons (Fsp3) is 0.333. The number of para-hydroxylation sites is 1. The summed E-state index contributed by atoms with van der Waals surface area (Å²) in [6.45, 7) is 7.60. The number of aryl methyl sites for hydroxylation is 1. The predicted molar refractivity (Wildman–Crippen MR) is 71.3 cm³/mol. The minimum atomic E-state index is -1.18. The van der Waals surface area contributed by atoms with E-state index in [1.165, 1.54) is 0 Å². The van der Waals surface area contributed by atoms with E-state index < -0.39 is 5.97 Å². The van der Waals surface area contributed by atoms with E-state index in [0.29, 0.717) is 11.4 Å². The lowest BCUT2D eigenvalue weighted by molar-refractivity contribution is -0.255. The molecule has 0 atom stereocenters. The molecule has 100 valence electrons. The number of carbonyl (C=O) groups is 1. The third kappa shape index (κ3) is 2.38. The minimum absolute atomic E-state index is 0.191. The molecule has 0 aliphatic heterocycles. The molecule has 19 heavy (non-hydrogen) atoms. The van der Waals surface area contributed by atoms with Crippen molar-refractivity contribution in [3.8, 4) is 5.69 Å². The van der Waals surface area contributed by atoms with Crippen LogP contribution in [0.3, 0.4) is 0 Å². The highest BCUT2D eigenvalue weighted by Gasteiger charge is 2.27. The zero-order valence-electron chi connectivity index (χ0n) is 11.6. The van der Waals surface area contributed by atoms with Crippen molar-refractivity contribution in [3.63, 3.8) is 0 Å². The van der Waals surface area contributed by atoms with Crippen LogP contribution in [0.1, 0.15) is 42.5 Å². The second-order valence-electron chi connectivity index (χ2n) is 5.59. The first-order chi connectivity index (χ1) is 8.82. The van der Waals surface area contributed by atoms with Crippen LogP contribution in [-0.2, 0) is 5.41 Å². The number of carboxylic acid groups (broad SMARTS) is 1. The monoisotopic (exact) mass is 257 g/mol. The Morgan fingerprint density at radius 1 is 1.21 bits per heavy atom. The summed E-state index contributed by atoms with van der Waals surface area (Å²) in [4.78, 5) is 11.4. The average Bonchev–Trinajstić information content (AvgIpc) is 2.68. The van der Waals surface area contributed by atoms with Crippen molar-refractivity contribution in [3.05, 3.63) is 47.3 Å². The first-order valence-electron chi connectivity index (χ1n) is 6.19. The van der Waals surface area contributed by atoms with Gasteiger partial charge in [0.05, 0.1) is 23.0 Å². The Morgan fingerprint density at radius 2 is 1.79 bits per heavy atom. The Hall–Kier alpha value is -2.10. The second kappa shape index (κ2) is 4.53. The molecule has 0 aliphatic rings. The van der Waals surface area contributed by atoms with Gasteiger partial charge >= 0.3 is 0 Å². The van der Waals surface area contributed by atoms with Crippen molar-refractivity contribution in [1.82, 2.24) is 9.78 Å². The molecule has 4 nitrogen and oxygen atoms in total. The summed E-state index contributed by atoms with van der Waals surface area (Å²) in [6, 6.07) is 9.52. The molecule has 1 heterocycles. The number of rotatable bonds is 2. The first kappa shape index (κ1) is 13.3. The Morgan fingerprint density at radius 3 is 2.26 bits per heavy atom. The molecule has 2 rings (SSSR count). The van der Waals surface area contributed by atoms with Crippen LogP contribution >= 0.6 is 0 Å². The van der Waals surface area contributed by atoms with Gasteiger partial charge in [0.15, 0.2) is 0 Å². The summed E-state index contributed by atoms with van der Waals surface area (Å²) in [6.07, 6.45) is 0. The maximum absolute atomic E-state index is 11.4. The van der Waals surface area contributed by atoms with Crippen molar-refractivity contribution in [2.45, 2.75) is 33.1 Å². The van der Waals surface area contributed by atoms with Crippen molar-refractivity contribution in [2.75, 3.05) is 0 Å². The van der Waals surface area contributed by atoms with E-state index in [1.807, 2.05) is 51.1 Å². The van der Waals surface area contributed by atoms with Crippen LogP contribution in [0.15, 0.2) is 30.3 Å². The van der Waals surface area contributed by atoms with Gasteiger partial charge in [0.1, 0.15) is 0 Å². The number of carbonyl (C=O) groups excluding carboxylic acids is 1. The molecule has 0 saturated heterocycles. The zero-order valence-corrected chi connectivity index (χ0v) is 11.6. The molecular formula is C15H17N2O2-. The molecule has 0 N–H and O–H groups in total. The number of aromatic carboxylic acids is 1. The Bertz CT molecular complexity index is 607. The highest BCUT2D eigenvalue weighted by molar-refractivity contribution is 5.89. The number of hydrogen-bond acceptors (Lipinski definition) is 3. The summed E-state index contributed by atoms with van der Waals surface area (Å²) in [5.41, 5.74) is 1.84. The van der Waals surface area contributed by atoms with Crippen LogP contribution in [0.4, 0.5) is 0 Å². The van der Waals surface area contributed by atoms with Gasteiger partial charge in [-0.25, -0.2) is 4.68 Å². The molecule has 0 unspecified atom stereocenters. The van der Waals surface area contributed by atoms with Crippen LogP contribution in [0.25, 0.3) is 5.69 Å². The van der Waals surface area contributed by atoms with Gasteiger partial charge < -0.3 is 9.90 Å². The van der Waals surface area contributed by atoms with E-state index >= 15 is 0 Å². The molecule has 0 saturated carbocycles. The predicted octanol–water partition coefficient (Wildman–Crippen LogP) is 1.84. The van der Waals surface area contributed by atoms with E-state index in [9.17, 15) is 9.90 Å². The van der Waals surface area contributed by atoms with Gasteiger partial charge in [-0.1, -0.05) is 39.0 Å². The zero-order chi connectivity index (χ0) is 14.2. The number of nitrogens with zero attached hydrogens (tertiary/aromatic N) is 2. The molecule has 1 aromatic heterocycles. The standard InChI is InChI=1S/C15H18N2O2/c1-10-12(14(18)19)13(15(2,3)4)17(16-10)11-8-6-5-7-9-11/h5-9H,1-4H3,(H,18,19)/p-1. The van der Waals surface area contributed by atoms with Crippen LogP contribution in [-0.4, -0.2) is 15.7 Å². The van der Waals surface area contributed by atoms with Gasteiger partial charge in [0.25, 0.3) is 0 Å². The van der Waals surface area contributed by atoms with Crippen molar-refractivity contribution in [2.24, 2.45) is 0 Å². The fourth-order valence-electron chi connectivity index (χ4n) is 2.22. The largest absolute Gasteiger partial charge is 0.545 e. The van der Waals surface area contributed by atoms with Gasteiger partial charge in [-0.2, -0.15) is 5.10 Å². The molecule has 0 bridgehead atoms. The van der Waals surface area contributed by atoms with Crippen LogP contribution in [0.5, 0.6) is 0 Å². The highest BCUT2D eigenvalue weighted by Crippen LogP contribution is 2.29. The van der Waals surface area contributed by atoms with Crippen molar-refractivity contribution in [1.29, 1.82) is 0 Å². The van der Waals surface area contributed by atoms with Crippen LogP contribution < -0.4 is 5.11 Å². The number of benzene rings is 1. The van der Waals surface area contributed by atoms with E-state index in [0.717, 1.165) is 5.69 Å². The fourth-order valence-corrected chi connectivity index (χ4v) is 2.22. The molecule has 2 aromatic rings. The molecule has 0 aliphatic carbocycles. The Labute approximate surface area is 112 Å². The molecule has 0 fully saturated rings.